The quantitative estimate of drug-likeness (QED) is 0.597. The zero-order valence-electron chi connectivity index (χ0n) is 10.6. The van der Waals surface area contributed by atoms with E-state index >= 15 is 0 Å². The maximum atomic E-state index is 2.59. The highest BCUT2D eigenvalue weighted by Crippen LogP contribution is 2.86. The molecule has 0 spiro atoms. The Hall–Kier alpha value is -0.260. The van der Waals surface area contributed by atoms with Crippen molar-refractivity contribution in [1.29, 1.82) is 0 Å². The summed E-state index contributed by atoms with van der Waals surface area (Å²) in [5.41, 5.74) is 2.93. The topological polar surface area (TPSA) is 0 Å². The van der Waals surface area contributed by atoms with Crippen molar-refractivity contribution in [2.24, 2.45) is 28.6 Å². The highest BCUT2D eigenvalue weighted by atomic mass is 14.8. The Kier molecular flexibility index (Phi) is 1.79. The van der Waals surface area contributed by atoms with Crippen molar-refractivity contribution >= 4 is 0 Å². The minimum absolute atomic E-state index is 0.689. The van der Waals surface area contributed by atoms with Gasteiger partial charge in [0.25, 0.3) is 0 Å². The third-order valence-electron chi connectivity index (χ3n) is 6.34. The first-order chi connectivity index (χ1) is 7.00. The highest BCUT2D eigenvalue weighted by Gasteiger charge is 2.80. The van der Waals surface area contributed by atoms with E-state index in [1.54, 1.807) is 12.8 Å². The zero-order valence-corrected chi connectivity index (χ0v) is 10.6. The maximum Gasteiger partial charge on any atom is -0.0207 e. The number of hydrogen-bond donors (Lipinski definition) is 0. The molecule has 2 unspecified atom stereocenters. The predicted octanol–water partition coefficient (Wildman–Crippen LogP) is 4.42. The summed E-state index contributed by atoms with van der Waals surface area (Å²) < 4.78 is 0. The largest absolute Gasteiger partial charge is 0.0859 e. The molecular weight excluding hydrogens is 180 g/mol. The van der Waals surface area contributed by atoms with E-state index < -0.39 is 0 Å². The summed E-state index contributed by atoms with van der Waals surface area (Å²) in [6.07, 6.45) is 8.30. The van der Waals surface area contributed by atoms with Gasteiger partial charge in [-0.25, -0.2) is 0 Å². The van der Waals surface area contributed by atoms with Crippen LogP contribution < -0.4 is 0 Å². The van der Waals surface area contributed by atoms with Gasteiger partial charge in [0, 0.05) is 0 Å². The fourth-order valence-electron chi connectivity index (χ4n) is 5.17. The molecule has 0 aliphatic heterocycles. The molecule has 0 saturated heterocycles. The smallest absolute Gasteiger partial charge is 0.0207 e. The minimum Gasteiger partial charge on any atom is -0.0859 e. The lowest BCUT2D eigenvalue weighted by atomic mass is 9.71. The molecule has 3 atom stereocenters. The first-order valence-electron chi connectivity index (χ1n) is 6.63. The molecule has 4 fully saturated rings. The number of hydrogen-bond acceptors (Lipinski definition) is 0. The Balaban J connectivity index is 1.73. The summed E-state index contributed by atoms with van der Waals surface area (Å²) in [4.78, 5) is 0. The zero-order chi connectivity index (χ0) is 10.8. The van der Waals surface area contributed by atoms with Gasteiger partial charge in [-0.2, -0.15) is 0 Å². The van der Waals surface area contributed by atoms with E-state index in [9.17, 15) is 0 Å². The van der Waals surface area contributed by atoms with E-state index in [-0.39, 0.29) is 0 Å². The van der Waals surface area contributed by atoms with Gasteiger partial charge in [-0.1, -0.05) is 25.5 Å². The van der Waals surface area contributed by atoms with Crippen LogP contribution >= 0.6 is 0 Å². The van der Waals surface area contributed by atoms with E-state index in [4.69, 9.17) is 0 Å². The third kappa shape index (κ3) is 0.990. The second kappa shape index (κ2) is 2.70. The van der Waals surface area contributed by atoms with Crippen molar-refractivity contribution in [3.63, 3.8) is 0 Å². The van der Waals surface area contributed by atoms with Crippen LogP contribution in [0.3, 0.4) is 0 Å². The van der Waals surface area contributed by atoms with Crippen LogP contribution in [0.4, 0.5) is 0 Å². The fraction of sp³-hybridized carbons (Fsp3) is 0.867. The van der Waals surface area contributed by atoms with E-state index in [1.165, 1.54) is 18.4 Å². The van der Waals surface area contributed by atoms with Crippen molar-refractivity contribution in [2.45, 2.75) is 53.4 Å². The van der Waals surface area contributed by atoms with Gasteiger partial charge >= 0.3 is 0 Å². The van der Waals surface area contributed by atoms with E-state index in [2.05, 4.69) is 33.8 Å². The Morgan fingerprint density at radius 1 is 1.20 bits per heavy atom. The minimum atomic E-state index is 0.689. The SMILES string of the molecule is CC(C)=CCC[C@@]1(C)C2CC3C(C2)C31C. The highest BCUT2D eigenvalue weighted by molar-refractivity contribution is 5.28. The average molecular weight is 204 g/mol. The lowest BCUT2D eigenvalue weighted by molar-refractivity contribution is 0.155. The predicted molar refractivity (Wildman–Crippen MR) is 64.6 cm³/mol. The van der Waals surface area contributed by atoms with Gasteiger partial charge in [0.1, 0.15) is 0 Å². The molecule has 0 radical (unpaired) electrons. The van der Waals surface area contributed by atoms with Gasteiger partial charge in [0.15, 0.2) is 0 Å². The Bertz CT molecular complexity index is 309. The van der Waals surface area contributed by atoms with Crippen molar-refractivity contribution in [3.8, 4) is 0 Å². The monoisotopic (exact) mass is 204 g/mol. The van der Waals surface area contributed by atoms with Gasteiger partial charge in [0.2, 0.25) is 0 Å². The molecule has 4 aliphatic rings. The van der Waals surface area contributed by atoms with Crippen LogP contribution in [0.15, 0.2) is 11.6 Å². The molecular formula is C15H24. The van der Waals surface area contributed by atoms with Crippen LogP contribution in [0.1, 0.15) is 53.4 Å². The van der Waals surface area contributed by atoms with E-state index in [0.29, 0.717) is 5.41 Å². The lowest BCUT2D eigenvalue weighted by Crippen LogP contribution is -2.26. The summed E-state index contributed by atoms with van der Waals surface area (Å²) in [5, 5.41) is 0. The van der Waals surface area contributed by atoms with Crippen LogP contribution in [-0.2, 0) is 0 Å². The van der Waals surface area contributed by atoms with E-state index in [0.717, 1.165) is 23.2 Å². The van der Waals surface area contributed by atoms with Crippen LogP contribution in [0, 0.1) is 28.6 Å². The molecule has 0 N–H and O–H groups in total. The Morgan fingerprint density at radius 3 is 2.20 bits per heavy atom. The molecule has 0 aromatic heterocycles. The molecule has 0 aromatic carbocycles. The van der Waals surface area contributed by atoms with Gasteiger partial charge in [0.05, 0.1) is 0 Å². The number of rotatable bonds is 3. The van der Waals surface area contributed by atoms with E-state index in [1.807, 2.05) is 0 Å². The van der Waals surface area contributed by atoms with Crippen molar-refractivity contribution in [1.82, 2.24) is 0 Å². The molecule has 0 heterocycles. The molecule has 4 bridgehead atoms. The van der Waals surface area contributed by atoms with Crippen molar-refractivity contribution in [3.05, 3.63) is 11.6 Å². The third-order valence-corrected chi connectivity index (χ3v) is 6.34. The molecule has 15 heavy (non-hydrogen) atoms. The number of allylic oxidation sites excluding steroid dienone is 2. The average Bonchev–Trinajstić information content (AvgIpc) is 2.53. The molecule has 84 valence electrons. The van der Waals surface area contributed by atoms with Gasteiger partial charge in [-0.05, 0) is 68.1 Å². The van der Waals surface area contributed by atoms with Crippen molar-refractivity contribution in [2.75, 3.05) is 0 Å². The first-order valence-corrected chi connectivity index (χ1v) is 6.63. The summed E-state index contributed by atoms with van der Waals surface area (Å²) in [7, 11) is 0. The van der Waals surface area contributed by atoms with Gasteiger partial charge in [-0.3, -0.25) is 0 Å². The first kappa shape index (κ1) is 9.93. The normalized spacial score (nSPS) is 54.5. The molecule has 4 saturated carbocycles. The molecule has 4 aliphatic carbocycles. The van der Waals surface area contributed by atoms with Crippen LogP contribution in [0.2, 0.25) is 0 Å². The van der Waals surface area contributed by atoms with Gasteiger partial charge in [-0.15, -0.1) is 0 Å². The summed E-state index contributed by atoms with van der Waals surface area (Å²) in [6, 6.07) is 0. The summed E-state index contributed by atoms with van der Waals surface area (Å²) >= 11 is 0. The molecule has 0 amide bonds. The van der Waals surface area contributed by atoms with Crippen LogP contribution in [0.5, 0.6) is 0 Å². The maximum absolute atomic E-state index is 2.59. The van der Waals surface area contributed by atoms with Crippen molar-refractivity contribution < 1.29 is 0 Å². The molecule has 0 nitrogen and oxygen atoms in total. The molecule has 0 aromatic rings. The standard InChI is InChI=1S/C15H24/c1-10(2)6-5-7-14(3)11-8-12-13(9-11)15(12,14)4/h6,11-13H,5,7-9H2,1-4H3/t11?,12?,13?,14-,15?/m0/s1. The lowest BCUT2D eigenvalue weighted by Gasteiger charge is -2.34. The second-order valence-corrected chi connectivity index (χ2v) is 6.90. The fourth-order valence-corrected chi connectivity index (χ4v) is 5.17. The van der Waals surface area contributed by atoms with Crippen LogP contribution in [0.25, 0.3) is 0 Å². The second-order valence-electron chi connectivity index (χ2n) is 6.90. The summed E-state index contributed by atoms with van der Waals surface area (Å²) in [5.74, 6) is 3.32. The summed E-state index contributed by atoms with van der Waals surface area (Å²) in [6.45, 7) is 9.61. The molecule has 4 rings (SSSR count). The van der Waals surface area contributed by atoms with Crippen LogP contribution in [-0.4, -0.2) is 0 Å². The molecule has 0 heteroatoms. The Labute approximate surface area is 94.1 Å². The Morgan fingerprint density at radius 2 is 1.80 bits per heavy atom. The van der Waals surface area contributed by atoms with Gasteiger partial charge < -0.3 is 0 Å².